The van der Waals surface area contributed by atoms with Gasteiger partial charge in [-0.15, -0.1) is 11.3 Å². The first-order valence-electron chi connectivity index (χ1n) is 9.95. The predicted molar refractivity (Wildman–Crippen MR) is 127 cm³/mol. The zero-order chi connectivity index (χ0) is 24.4. The third-order valence-corrected chi connectivity index (χ3v) is 5.90. The minimum atomic E-state index is -0.532. The molecule has 0 spiro atoms. The normalized spacial score (nSPS) is 10.8. The number of amides is 1. The van der Waals surface area contributed by atoms with Crippen LogP contribution in [0.2, 0.25) is 0 Å². The van der Waals surface area contributed by atoms with Crippen molar-refractivity contribution in [2.75, 3.05) is 19.5 Å². The van der Waals surface area contributed by atoms with Gasteiger partial charge in [-0.05, 0) is 37.3 Å². The summed E-state index contributed by atoms with van der Waals surface area (Å²) in [7, 11) is 3.05. The lowest BCUT2D eigenvalue weighted by molar-refractivity contribution is -0.384. The molecule has 34 heavy (non-hydrogen) atoms. The minimum absolute atomic E-state index is 0.0974. The lowest BCUT2D eigenvalue weighted by atomic mass is 10.1. The monoisotopic (exact) mass is 481 g/mol. The van der Waals surface area contributed by atoms with Crippen LogP contribution in [0.5, 0.6) is 11.5 Å². The Balaban J connectivity index is 1.71. The molecular weight excluding hydrogens is 462 g/mol. The number of nitrogens with zero attached hydrogens (tertiary/aromatic N) is 4. The topological polar surface area (TPSA) is 138 Å². The molecule has 174 valence electrons. The maximum Gasteiger partial charge on any atom is 0.294 e. The average molecular weight is 481 g/mol. The van der Waals surface area contributed by atoms with E-state index in [1.807, 2.05) is 0 Å². The smallest absolute Gasteiger partial charge is 0.294 e. The first-order valence-corrected chi connectivity index (χ1v) is 10.8. The lowest BCUT2D eigenvalue weighted by Crippen LogP contribution is -2.30. The number of benzene rings is 2. The number of methoxy groups -OCH3 is 2. The van der Waals surface area contributed by atoms with E-state index in [1.165, 1.54) is 49.8 Å². The molecule has 11 nitrogen and oxygen atoms in total. The molecule has 0 aliphatic heterocycles. The van der Waals surface area contributed by atoms with Gasteiger partial charge in [-0.2, -0.15) is 5.10 Å². The molecule has 0 aliphatic rings. The van der Waals surface area contributed by atoms with E-state index in [0.29, 0.717) is 38.2 Å². The van der Waals surface area contributed by atoms with Crippen molar-refractivity contribution in [3.63, 3.8) is 0 Å². The number of hydrogen-bond acceptors (Lipinski definition) is 9. The fraction of sp³-hybridized carbons (Fsp3) is 0.182. The summed E-state index contributed by atoms with van der Waals surface area (Å²) >= 11 is 1.33. The Bertz CT molecular complexity index is 1460. The highest BCUT2D eigenvalue weighted by Crippen LogP contribution is 2.35. The maximum absolute atomic E-state index is 13.0. The Morgan fingerprint density at radius 1 is 1.15 bits per heavy atom. The number of nitrogens with one attached hydrogen (secondary N) is 1. The number of non-ortho nitro benzene ring substituents is 1. The molecule has 2 heterocycles. The SMILES string of the molecule is COc1ccc(-c2nn(CC(=O)Nc3ccc([N+](=O)[O-])cc3)c(=O)c3nc(C)sc23)cc1OC. The van der Waals surface area contributed by atoms with E-state index in [1.54, 1.807) is 25.1 Å². The van der Waals surface area contributed by atoms with Crippen LogP contribution >= 0.6 is 11.3 Å². The highest BCUT2D eigenvalue weighted by Gasteiger charge is 2.19. The molecule has 0 aliphatic carbocycles. The lowest BCUT2D eigenvalue weighted by Gasteiger charge is -2.12. The van der Waals surface area contributed by atoms with Crippen molar-refractivity contribution in [3.05, 3.63) is 67.9 Å². The number of aromatic nitrogens is 3. The van der Waals surface area contributed by atoms with Crippen LogP contribution in [0.4, 0.5) is 11.4 Å². The summed E-state index contributed by atoms with van der Waals surface area (Å²) in [6.07, 6.45) is 0. The van der Waals surface area contributed by atoms with Gasteiger partial charge in [-0.1, -0.05) is 0 Å². The van der Waals surface area contributed by atoms with Crippen molar-refractivity contribution in [2.45, 2.75) is 13.5 Å². The number of rotatable bonds is 7. The standard InChI is InChI=1S/C22H19N5O6S/c1-12-23-20-21(34-12)19(13-4-9-16(32-2)17(10-13)33-3)25-26(22(20)29)11-18(28)24-14-5-7-15(8-6-14)27(30)31/h4-10H,11H2,1-3H3,(H,24,28). The van der Waals surface area contributed by atoms with E-state index in [-0.39, 0.29) is 17.7 Å². The summed E-state index contributed by atoms with van der Waals surface area (Å²) in [5, 5.41) is 18.6. The van der Waals surface area contributed by atoms with E-state index < -0.39 is 16.4 Å². The number of anilines is 1. The van der Waals surface area contributed by atoms with Gasteiger partial charge in [0.2, 0.25) is 5.91 Å². The van der Waals surface area contributed by atoms with Gasteiger partial charge in [0.15, 0.2) is 17.0 Å². The van der Waals surface area contributed by atoms with E-state index >= 15 is 0 Å². The van der Waals surface area contributed by atoms with Crippen molar-refractivity contribution in [1.29, 1.82) is 0 Å². The third-order valence-electron chi connectivity index (χ3n) is 4.92. The van der Waals surface area contributed by atoms with Gasteiger partial charge in [0.25, 0.3) is 11.2 Å². The second kappa shape index (κ2) is 9.27. The van der Waals surface area contributed by atoms with Crippen molar-refractivity contribution in [3.8, 4) is 22.8 Å². The molecule has 0 saturated carbocycles. The highest BCUT2D eigenvalue weighted by atomic mass is 32.1. The largest absolute Gasteiger partial charge is 0.493 e. The van der Waals surface area contributed by atoms with Crippen LogP contribution in [0.25, 0.3) is 21.5 Å². The number of carbonyl (C=O) groups excluding carboxylic acids is 1. The molecule has 0 saturated heterocycles. The number of nitro benzene ring substituents is 1. The molecule has 1 amide bonds. The fourth-order valence-corrected chi connectivity index (χ4v) is 4.27. The quantitative estimate of drug-likeness (QED) is 0.313. The van der Waals surface area contributed by atoms with E-state index in [9.17, 15) is 19.7 Å². The summed E-state index contributed by atoms with van der Waals surface area (Å²) in [5.41, 5.74) is 1.11. The van der Waals surface area contributed by atoms with Crippen molar-refractivity contribution in [1.82, 2.24) is 14.8 Å². The van der Waals surface area contributed by atoms with Gasteiger partial charge in [0.05, 0.1) is 28.9 Å². The van der Waals surface area contributed by atoms with E-state index in [2.05, 4.69) is 15.4 Å². The van der Waals surface area contributed by atoms with Gasteiger partial charge >= 0.3 is 0 Å². The molecule has 0 radical (unpaired) electrons. The second-order valence-electron chi connectivity index (χ2n) is 7.14. The van der Waals surface area contributed by atoms with Crippen molar-refractivity contribution < 1.29 is 19.2 Å². The van der Waals surface area contributed by atoms with Crippen LogP contribution in [0, 0.1) is 17.0 Å². The molecule has 1 N–H and O–H groups in total. The number of thiazole rings is 1. The van der Waals surface area contributed by atoms with Crippen LogP contribution in [0.15, 0.2) is 47.3 Å². The number of nitro groups is 1. The molecule has 0 fully saturated rings. The zero-order valence-electron chi connectivity index (χ0n) is 18.4. The molecule has 0 atom stereocenters. The molecule has 2 aromatic carbocycles. The molecular formula is C22H19N5O6S. The summed E-state index contributed by atoms with van der Waals surface area (Å²) in [4.78, 5) is 40.2. The molecule has 2 aromatic heterocycles. The summed E-state index contributed by atoms with van der Waals surface area (Å²) < 4.78 is 12.3. The van der Waals surface area contributed by atoms with Crippen LogP contribution < -0.4 is 20.3 Å². The van der Waals surface area contributed by atoms with Gasteiger partial charge in [0.1, 0.15) is 12.2 Å². The molecule has 0 bridgehead atoms. The second-order valence-corrected chi connectivity index (χ2v) is 8.35. The number of aryl methyl sites for hydroxylation is 1. The number of hydrogen-bond donors (Lipinski definition) is 1. The van der Waals surface area contributed by atoms with Gasteiger partial charge in [0, 0.05) is 23.4 Å². The van der Waals surface area contributed by atoms with Gasteiger partial charge in [-0.3, -0.25) is 19.7 Å². The molecule has 4 aromatic rings. The Morgan fingerprint density at radius 3 is 2.50 bits per heavy atom. The summed E-state index contributed by atoms with van der Waals surface area (Å²) in [5.74, 6) is 0.511. The van der Waals surface area contributed by atoms with Crippen LogP contribution in [0.1, 0.15) is 5.01 Å². The van der Waals surface area contributed by atoms with Crippen LogP contribution in [0.3, 0.4) is 0 Å². The Morgan fingerprint density at radius 2 is 1.85 bits per heavy atom. The predicted octanol–water partition coefficient (Wildman–Crippen LogP) is 3.39. The fourth-order valence-electron chi connectivity index (χ4n) is 3.35. The van der Waals surface area contributed by atoms with Crippen LogP contribution in [-0.4, -0.2) is 39.8 Å². The number of fused-ring (bicyclic) bond motifs is 1. The van der Waals surface area contributed by atoms with Crippen molar-refractivity contribution >= 4 is 38.8 Å². The molecule has 12 heteroatoms. The first kappa shape index (κ1) is 22.9. The molecule has 0 unspecified atom stereocenters. The van der Waals surface area contributed by atoms with Crippen LogP contribution in [-0.2, 0) is 11.3 Å². The average Bonchev–Trinajstić information content (AvgIpc) is 3.22. The highest BCUT2D eigenvalue weighted by molar-refractivity contribution is 7.19. The van der Waals surface area contributed by atoms with Crippen molar-refractivity contribution in [2.24, 2.45) is 0 Å². The number of ether oxygens (including phenoxy) is 2. The minimum Gasteiger partial charge on any atom is -0.493 e. The summed E-state index contributed by atoms with van der Waals surface area (Å²) in [6.45, 7) is 1.41. The van der Waals surface area contributed by atoms with Gasteiger partial charge < -0.3 is 14.8 Å². The Kier molecular flexibility index (Phi) is 6.23. The maximum atomic E-state index is 13.0. The molecule has 4 rings (SSSR count). The zero-order valence-corrected chi connectivity index (χ0v) is 19.2. The Hall–Kier alpha value is -4.32. The first-order chi connectivity index (χ1) is 16.3. The third kappa shape index (κ3) is 4.43. The Labute approximate surface area is 196 Å². The van der Waals surface area contributed by atoms with E-state index in [4.69, 9.17) is 9.47 Å². The van der Waals surface area contributed by atoms with E-state index in [0.717, 1.165) is 4.68 Å². The number of carbonyl (C=O) groups is 1. The summed E-state index contributed by atoms with van der Waals surface area (Å²) in [6, 6.07) is 10.6. The van der Waals surface area contributed by atoms with Gasteiger partial charge in [-0.25, -0.2) is 9.67 Å².